The monoisotopic (exact) mass is 345 g/mol. The van der Waals surface area contributed by atoms with Gasteiger partial charge in [0.1, 0.15) is 5.15 Å². The van der Waals surface area contributed by atoms with E-state index >= 15 is 0 Å². The van der Waals surface area contributed by atoms with Gasteiger partial charge in [0.15, 0.2) is 0 Å². The lowest BCUT2D eigenvalue weighted by atomic mass is 9.78. The van der Waals surface area contributed by atoms with Crippen molar-refractivity contribution in [3.8, 4) is 0 Å². The fourth-order valence-corrected chi connectivity index (χ4v) is 2.50. The van der Waals surface area contributed by atoms with Gasteiger partial charge in [-0.05, 0) is 44.8 Å². The van der Waals surface area contributed by atoms with Gasteiger partial charge in [-0.25, -0.2) is 4.98 Å². The standard InChI is InChI=1S/C14H18BCl2NO2S/c1-13(2)14(3,4)20-15(19-13)10(8-21)7-9-5-6-18-12(17)11(9)16/h5-7,21H,8H2,1-4H3. The van der Waals surface area contributed by atoms with Crippen LogP contribution >= 0.6 is 35.8 Å². The van der Waals surface area contributed by atoms with Crippen molar-refractivity contribution in [1.29, 1.82) is 0 Å². The fraction of sp³-hybridized carbons (Fsp3) is 0.500. The summed E-state index contributed by atoms with van der Waals surface area (Å²) in [5.41, 5.74) is 0.885. The number of hydrogen-bond donors (Lipinski definition) is 1. The number of aromatic nitrogens is 1. The lowest BCUT2D eigenvalue weighted by Crippen LogP contribution is -2.41. The molecule has 0 atom stereocenters. The molecule has 0 saturated carbocycles. The molecule has 2 rings (SSSR count). The molecule has 0 aliphatic carbocycles. The molecule has 0 amide bonds. The van der Waals surface area contributed by atoms with Gasteiger partial charge >= 0.3 is 7.12 Å². The van der Waals surface area contributed by atoms with Crippen LogP contribution in [0.4, 0.5) is 0 Å². The Morgan fingerprint density at radius 2 is 1.86 bits per heavy atom. The van der Waals surface area contributed by atoms with Crippen LogP contribution in [0.5, 0.6) is 0 Å². The second-order valence-corrected chi connectivity index (χ2v) is 7.02. The molecule has 1 aromatic rings. The smallest absolute Gasteiger partial charge is 0.400 e. The van der Waals surface area contributed by atoms with E-state index in [0.717, 1.165) is 11.0 Å². The molecule has 1 aliphatic heterocycles. The van der Waals surface area contributed by atoms with E-state index < -0.39 is 7.12 Å². The molecule has 21 heavy (non-hydrogen) atoms. The van der Waals surface area contributed by atoms with Crippen molar-refractivity contribution in [3.63, 3.8) is 0 Å². The molecular formula is C14H18BCl2NO2S. The Hall–Kier alpha value is -0.195. The lowest BCUT2D eigenvalue weighted by Gasteiger charge is -2.32. The molecule has 0 radical (unpaired) electrons. The Kier molecular flexibility index (Phi) is 5.01. The van der Waals surface area contributed by atoms with Crippen molar-refractivity contribution in [2.24, 2.45) is 0 Å². The average Bonchev–Trinajstić information content (AvgIpc) is 2.60. The van der Waals surface area contributed by atoms with Crippen LogP contribution in [0.2, 0.25) is 10.2 Å². The van der Waals surface area contributed by atoms with Gasteiger partial charge in [0.25, 0.3) is 0 Å². The molecule has 0 spiro atoms. The normalized spacial score (nSPS) is 20.9. The summed E-state index contributed by atoms with van der Waals surface area (Å²) in [7, 11) is -0.449. The first-order valence-electron chi connectivity index (χ1n) is 6.65. The average molecular weight is 346 g/mol. The number of thiol groups is 1. The Morgan fingerprint density at radius 1 is 1.29 bits per heavy atom. The third-order valence-electron chi connectivity index (χ3n) is 3.96. The first-order chi connectivity index (χ1) is 9.68. The first-order valence-corrected chi connectivity index (χ1v) is 8.04. The van der Waals surface area contributed by atoms with Crippen LogP contribution in [-0.4, -0.2) is 29.1 Å². The molecule has 7 heteroatoms. The highest BCUT2D eigenvalue weighted by Crippen LogP contribution is 2.39. The van der Waals surface area contributed by atoms with E-state index in [2.05, 4.69) is 17.6 Å². The fourth-order valence-electron chi connectivity index (χ4n) is 1.93. The summed E-state index contributed by atoms with van der Waals surface area (Å²) in [6.07, 6.45) is 3.51. The van der Waals surface area contributed by atoms with E-state index in [-0.39, 0.29) is 16.4 Å². The van der Waals surface area contributed by atoms with Crippen molar-refractivity contribution >= 4 is 49.0 Å². The molecule has 1 aliphatic rings. The second kappa shape index (κ2) is 6.13. The van der Waals surface area contributed by atoms with E-state index in [1.807, 2.05) is 33.8 Å². The number of pyridine rings is 1. The maximum atomic E-state index is 6.17. The third kappa shape index (κ3) is 3.43. The molecule has 2 heterocycles. The van der Waals surface area contributed by atoms with Gasteiger partial charge in [0.2, 0.25) is 0 Å². The zero-order valence-electron chi connectivity index (χ0n) is 12.5. The van der Waals surface area contributed by atoms with Crippen LogP contribution in [0.3, 0.4) is 0 Å². The lowest BCUT2D eigenvalue weighted by molar-refractivity contribution is 0.00578. The SMILES string of the molecule is CC1(C)OB(C(=Cc2ccnc(Cl)c2Cl)CS)OC1(C)C. The van der Waals surface area contributed by atoms with Crippen LogP contribution < -0.4 is 0 Å². The van der Waals surface area contributed by atoms with E-state index in [4.69, 9.17) is 32.5 Å². The van der Waals surface area contributed by atoms with Gasteiger partial charge in [-0.2, -0.15) is 12.6 Å². The van der Waals surface area contributed by atoms with Crippen LogP contribution in [-0.2, 0) is 9.31 Å². The predicted molar refractivity (Wildman–Crippen MR) is 92.2 cm³/mol. The molecule has 1 saturated heterocycles. The highest BCUT2D eigenvalue weighted by molar-refractivity contribution is 7.80. The van der Waals surface area contributed by atoms with Crippen LogP contribution in [0.25, 0.3) is 6.08 Å². The Balaban J connectivity index is 2.33. The van der Waals surface area contributed by atoms with Crippen molar-refractivity contribution in [2.45, 2.75) is 38.9 Å². The molecule has 1 aromatic heterocycles. The Bertz CT molecular complexity index is 562. The summed E-state index contributed by atoms with van der Waals surface area (Å²) in [5.74, 6) is 0.493. The maximum Gasteiger partial charge on any atom is 0.491 e. The van der Waals surface area contributed by atoms with E-state index in [1.165, 1.54) is 0 Å². The van der Waals surface area contributed by atoms with Crippen molar-refractivity contribution in [2.75, 3.05) is 5.75 Å². The molecule has 3 nitrogen and oxygen atoms in total. The summed E-state index contributed by atoms with van der Waals surface area (Å²) in [6.45, 7) is 8.05. The topological polar surface area (TPSA) is 31.4 Å². The number of rotatable bonds is 3. The minimum absolute atomic E-state index is 0.276. The van der Waals surface area contributed by atoms with Crippen LogP contribution in [0.1, 0.15) is 33.3 Å². The molecule has 0 N–H and O–H groups in total. The van der Waals surface area contributed by atoms with E-state index in [0.29, 0.717) is 10.8 Å². The highest BCUT2D eigenvalue weighted by Gasteiger charge is 2.52. The largest absolute Gasteiger partial charge is 0.491 e. The summed E-state index contributed by atoms with van der Waals surface area (Å²) >= 11 is 16.5. The second-order valence-electron chi connectivity index (χ2n) is 5.97. The zero-order valence-corrected chi connectivity index (χ0v) is 14.9. The van der Waals surface area contributed by atoms with E-state index in [9.17, 15) is 0 Å². The van der Waals surface area contributed by atoms with Crippen LogP contribution in [0.15, 0.2) is 17.7 Å². The third-order valence-corrected chi connectivity index (χ3v) is 5.10. The molecule has 114 valence electrons. The Labute approximate surface area is 141 Å². The summed E-state index contributed by atoms with van der Waals surface area (Å²) < 4.78 is 12.1. The molecule has 0 aromatic carbocycles. The minimum atomic E-state index is -0.449. The molecular weight excluding hydrogens is 328 g/mol. The predicted octanol–water partition coefficient (Wildman–Crippen LogP) is 4.33. The van der Waals surface area contributed by atoms with Gasteiger partial charge in [-0.3, -0.25) is 0 Å². The number of hydrogen-bond acceptors (Lipinski definition) is 4. The van der Waals surface area contributed by atoms with Gasteiger partial charge in [0, 0.05) is 11.9 Å². The highest BCUT2D eigenvalue weighted by atomic mass is 35.5. The molecule has 1 fully saturated rings. The van der Waals surface area contributed by atoms with Crippen LogP contribution in [0, 0.1) is 0 Å². The van der Waals surface area contributed by atoms with E-state index in [1.54, 1.807) is 12.3 Å². The molecule has 0 bridgehead atoms. The first kappa shape index (κ1) is 17.2. The van der Waals surface area contributed by atoms with Crippen molar-refractivity contribution in [1.82, 2.24) is 4.98 Å². The van der Waals surface area contributed by atoms with Gasteiger partial charge in [-0.15, -0.1) is 0 Å². The van der Waals surface area contributed by atoms with Crippen molar-refractivity contribution < 1.29 is 9.31 Å². The minimum Gasteiger partial charge on any atom is -0.400 e. The molecule has 0 unspecified atom stereocenters. The van der Waals surface area contributed by atoms with Gasteiger partial charge < -0.3 is 9.31 Å². The zero-order chi connectivity index (χ0) is 15.8. The number of halogens is 2. The summed E-state index contributed by atoms with van der Waals surface area (Å²) in [5, 5.41) is 0.688. The summed E-state index contributed by atoms with van der Waals surface area (Å²) in [6, 6.07) is 1.79. The van der Waals surface area contributed by atoms with Gasteiger partial charge in [0.05, 0.1) is 16.2 Å². The number of nitrogens with zero attached hydrogens (tertiary/aromatic N) is 1. The van der Waals surface area contributed by atoms with Gasteiger partial charge in [-0.1, -0.05) is 29.3 Å². The van der Waals surface area contributed by atoms with Crippen molar-refractivity contribution in [3.05, 3.63) is 33.5 Å². The maximum absolute atomic E-state index is 6.17. The Morgan fingerprint density at radius 3 is 2.38 bits per heavy atom. The summed E-state index contributed by atoms with van der Waals surface area (Å²) in [4.78, 5) is 3.94. The quantitative estimate of drug-likeness (QED) is 0.502.